The van der Waals surface area contributed by atoms with E-state index in [9.17, 15) is 5.11 Å². The maximum Gasteiger partial charge on any atom is 0.166 e. The Hall–Kier alpha value is -0.120. The van der Waals surface area contributed by atoms with Crippen LogP contribution in [-0.4, -0.2) is 29.2 Å². The van der Waals surface area contributed by atoms with Gasteiger partial charge in [0.05, 0.1) is 11.2 Å². The van der Waals surface area contributed by atoms with Gasteiger partial charge in [0, 0.05) is 20.0 Å². The summed E-state index contributed by atoms with van der Waals surface area (Å²) in [7, 11) is 1.80. The summed E-state index contributed by atoms with van der Waals surface area (Å²) in [5.41, 5.74) is -0.159. The second-order valence-corrected chi connectivity index (χ2v) is 6.10. The van der Waals surface area contributed by atoms with E-state index in [1.807, 2.05) is 0 Å². The fourth-order valence-corrected chi connectivity index (χ4v) is 4.23. The third-order valence-corrected chi connectivity index (χ3v) is 4.98. The zero-order valence-corrected chi connectivity index (χ0v) is 9.75. The minimum atomic E-state index is -0.862. The number of hydrogen-bond donors (Lipinski definition) is 1. The van der Waals surface area contributed by atoms with Crippen molar-refractivity contribution in [2.24, 2.45) is 11.8 Å². The monoisotopic (exact) mass is 212 g/mol. The van der Waals surface area contributed by atoms with Gasteiger partial charge in [-0.05, 0) is 38.5 Å². The summed E-state index contributed by atoms with van der Waals surface area (Å²) < 4.78 is 11.6. The number of aliphatic hydroxyl groups is 1. The molecule has 0 amide bonds. The summed E-state index contributed by atoms with van der Waals surface area (Å²) in [6, 6.07) is 0. The molecular weight excluding hydrogens is 192 g/mol. The predicted molar refractivity (Wildman–Crippen MR) is 55.3 cm³/mol. The highest BCUT2D eigenvalue weighted by Crippen LogP contribution is 2.61. The SMILES string of the molecule is COC1(C)C2CC3(C)CC1CC(O)(C2)O3. The van der Waals surface area contributed by atoms with Crippen LogP contribution in [0.15, 0.2) is 0 Å². The summed E-state index contributed by atoms with van der Waals surface area (Å²) in [6.45, 7) is 4.33. The first kappa shape index (κ1) is 10.1. The van der Waals surface area contributed by atoms with E-state index in [0.717, 1.165) is 25.7 Å². The highest BCUT2D eigenvalue weighted by atomic mass is 16.6. The fourth-order valence-electron chi connectivity index (χ4n) is 4.23. The van der Waals surface area contributed by atoms with Crippen molar-refractivity contribution in [3.8, 4) is 0 Å². The average molecular weight is 212 g/mol. The van der Waals surface area contributed by atoms with Crippen LogP contribution in [0.25, 0.3) is 0 Å². The van der Waals surface area contributed by atoms with Crippen molar-refractivity contribution in [2.45, 2.75) is 56.5 Å². The van der Waals surface area contributed by atoms with E-state index < -0.39 is 5.79 Å². The lowest BCUT2D eigenvalue weighted by atomic mass is 9.54. The maximum atomic E-state index is 10.3. The van der Waals surface area contributed by atoms with E-state index >= 15 is 0 Å². The van der Waals surface area contributed by atoms with Crippen LogP contribution in [-0.2, 0) is 9.47 Å². The molecule has 4 bridgehead atoms. The summed E-state index contributed by atoms with van der Waals surface area (Å²) >= 11 is 0. The third kappa shape index (κ3) is 1.17. The average Bonchev–Trinajstić information content (AvgIpc) is 2.10. The molecule has 4 rings (SSSR count). The van der Waals surface area contributed by atoms with Crippen LogP contribution < -0.4 is 0 Å². The van der Waals surface area contributed by atoms with Crippen molar-refractivity contribution in [2.75, 3.05) is 7.11 Å². The quantitative estimate of drug-likeness (QED) is 0.719. The highest BCUT2D eigenvalue weighted by Gasteiger charge is 2.65. The van der Waals surface area contributed by atoms with Gasteiger partial charge in [-0.1, -0.05) is 0 Å². The molecule has 2 saturated carbocycles. The van der Waals surface area contributed by atoms with Crippen LogP contribution in [0.3, 0.4) is 0 Å². The smallest absolute Gasteiger partial charge is 0.166 e. The second-order valence-electron chi connectivity index (χ2n) is 6.10. The van der Waals surface area contributed by atoms with Gasteiger partial charge in [-0.2, -0.15) is 0 Å². The van der Waals surface area contributed by atoms with Crippen molar-refractivity contribution in [1.29, 1.82) is 0 Å². The Balaban J connectivity index is 2.01. The van der Waals surface area contributed by atoms with Crippen molar-refractivity contribution >= 4 is 0 Å². The molecule has 0 aromatic heterocycles. The van der Waals surface area contributed by atoms with Crippen molar-refractivity contribution < 1.29 is 14.6 Å². The minimum Gasteiger partial charge on any atom is -0.378 e. The molecule has 86 valence electrons. The van der Waals surface area contributed by atoms with Crippen molar-refractivity contribution in [1.82, 2.24) is 0 Å². The van der Waals surface area contributed by atoms with Crippen LogP contribution in [0.1, 0.15) is 39.5 Å². The largest absolute Gasteiger partial charge is 0.378 e. The minimum absolute atomic E-state index is 0.0461. The van der Waals surface area contributed by atoms with Crippen LogP contribution in [0.5, 0.6) is 0 Å². The molecule has 2 heterocycles. The standard InChI is InChI=1S/C12H20O3/c1-10-4-8-6-12(13,15-10)7-9(5-10)11(8,2)14-3/h8-9,13H,4-7H2,1-3H3. The van der Waals surface area contributed by atoms with E-state index in [0.29, 0.717) is 11.8 Å². The van der Waals surface area contributed by atoms with E-state index in [4.69, 9.17) is 9.47 Å². The summed E-state index contributed by atoms with van der Waals surface area (Å²) in [5.74, 6) is 0.0241. The Morgan fingerprint density at radius 2 is 1.67 bits per heavy atom. The lowest BCUT2D eigenvalue weighted by Crippen LogP contribution is -2.69. The van der Waals surface area contributed by atoms with Gasteiger partial charge in [0.1, 0.15) is 0 Å². The fraction of sp³-hybridized carbons (Fsp3) is 1.00. The molecule has 2 atom stereocenters. The Labute approximate surface area is 90.8 Å². The topological polar surface area (TPSA) is 38.7 Å². The highest BCUT2D eigenvalue weighted by molar-refractivity contribution is 5.12. The number of ether oxygens (including phenoxy) is 2. The first-order valence-corrected chi connectivity index (χ1v) is 5.87. The van der Waals surface area contributed by atoms with Crippen LogP contribution >= 0.6 is 0 Å². The van der Waals surface area contributed by atoms with Gasteiger partial charge < -0.3 is 14.6 Å². The van der Waals surface area contributed by atoms with E-state index in [2.05, 4.69) is 13.8 Å². The van der Waals surface area contributed by atoms with Crippen LogP contribution in [0, 0.1) is 11.8 Å². The lowest BCUT2D eigenvalue weighted by Gasteiger charge is -2.65. The zero-order valence-electron chi connectivity index (χ0n) is 9.75. The molecule has 0 aromatic rings. The molecule has 15 heavy (non-hydrogen) atoms. The normalized spacial score (nSPS) is 62.4. The van der Waals surface area contributed by atoms with E-state index in [1.165, 1.54) is 0 Å². The molecule has 3 heteroatoms. The summed E-state index contributed by atoms with van der Waals surface area (Å²) in [5, 5.41) is 10.3. The van der Waals surface area contributed by atoms with Gasteiger partial charge in [-0.15, -0.1) is 0 Å². The first-order valence-electron chi connectivity index (χ1n) is 5.87. The molecule has 2 saturated heterocycles. The maximum absolute atomic E-state index is 10.3. The van der Waals surface area contributed by atoms with Gasteiger partial charge in [-0.3, -0.25) is 0 Å². The van der Waals surface area contributed by atoms with Gasteiger partial charge in [0.15, 0.2) is 5.79 Å². The Kier molecular flexibility index (Phi) is 1.73. The lowest BCUT2D eigenvalue weighted by molar-refractivity contribution is -0.384. The van der Waals surface area contributed by atoms with Gasteiger partial charge in [0.25, 0.3) is 0 Å². The molecule has 0 spiro atoms. The zero-order chi connectivity index (χ0) is 10.9. The summed E-state index contributed by atoms with van der Waals surface area (Å²) in [4.78, 5) is 0. The van der Waals surface area contributed by atoms with Gasteiger partial charge >= 0.3 is 0 Å². The predicted octanol–water partition coefficient (Wildman–Crippen LogP) is 1.69. The molecule has 2 aliphatic carbocycles. The molecule has 1 N–H and O–H groups in total. The molecule has 4 aliphatic rings. The van der Waals surface area contributed by atoms with Crippen molar-refractivity contribution in [3.05, 3.63) is 0 Å². The number of rotatable bonds is 1. The molecule has 4 fully saturated rings. The second kappa shape index (κ2) is 2.58. The molecule has 0 radical (unpaired) electrons. The molecule has 0 aromatic carbocycles. The van der Waals surface area contributed by atoms with Gasteiger partial charge in [0.2, 0.25) is 0 Å². The Morgan fingerprint density at radius 1 is 1.13 bits per heavy atom. The van der Waals surface area contributed by atoms with E-state index in [1.54, 1.807) is 7.11 Å². The molecule has 2 aliphatic heterocycles. The Bertz CT molecular complexity index is 263. The van der Waals surface area contributed by atoms with Crippen LogP contribution in [0.4, 0.5) is 0 Å². The van der Waals surface area contributed by atoms with Gasteiger partial charge in [-0.25, -0.2) is 0 Å². The number of methoxy groups -OCH3 is 1. The molecular formula is C12H20O3. The first-order chi connectivity index (χ1) is 6.89. The molecule has 2 unspecified atom stereocenters. The Morgan fingerprint density at radius 3 is 2.07 bits per heavy atom. The third-order valence-electron chi connectivity index (χ3n) is 4.98. The van der Waals surface area contributed by atoms with Crippen molar-refractivity contribution in [3.63, 3.8) is 0 Å². The van der Waals surface area contributed by atoms with Crippen LogP contribution in [0.2, 0.25) is 0 Å². The van der Waals surface area contributed by atoms with E-state index in [-0.39, 0.29) is 11.2 Å². The molecule has 3 nitrogen and oxygen atoms in total. The number of hydrogen-bond acceptors (Lipinski definition) is 3. The summed E-state index contributed by atoms with van der Waals surface area (Å²) in [6.07, 6.45) is 3.53.